The SMILES string of the molecule is Cc1ccc(C)c(NC(=O)CCC(=O)NNC(=O)COc2ccc3ccccc3c2)c1. The summed E-state index contributed by atoms with van der Waals surface area (Å²) in [5.74, 6) is -0.672. The first kappa shape index (κ1) is 21.8. The van der Waals surface area contributed by atoms with E-state index in [2.05, 4.69) is 16.2 Å². The molecule has 3 amide bonds. The molecule has 3 N–H and O–H groups in total. The van der Waals surface area contributed by atoms with E-state index in [0.29, 0.717) is 5.75 Å². The third kappa shape index (κ3) is 6.57. The number of hydrogen-bond donors (Lipinski definition) is 3. The summed E-state index contributed by atoms with van der Waals surface area (Å²) in [7, 11) is 0. The molecular weight excluding hydrogens is 394 g/mol. The quantitative estimate of drug-likeness (QED) is 0.512. The highest BCUT2D eigenvalue weighted by Crippen LogP contribution is 2.20. The average molecular weight is 419 g/mol. The largest absolute Gasteiger partial charge is 0.484 e. The number of anilines is 1. The maximum Gasteiger partial charge on any atom is 0.276 e. The molecule has 7 nitrogen and oxygen atoms in total. The number of carbonyl (C=O) groups excluding carboxylic acids is 3. The number of benzene rings is 3. The van der Waals surface area contributed by atoms with E-state index in [1.807, 2.05) is 68.4 Å². The molecular formula is C24H25N3O4. The van der Waals surface area contributed by atoms with E-state index in [9.17, 15) is 14.4 Å². The van der Waals surface area contributed by atoms with Crippen LogP contribution in [-0.4, -0.2) is 24.3 Å². The average Bonchev–Trinajstić information content (AvgIpc) is 2.77. The van der Waals surface area contributed by atoms with E-state index in [-0.39, 0.29) is 25.4 Å². The molecule has 0 radical (unpaired) electrons. The topological polar surface area (TPSA) is 96.5 Å². The number of fused-ring (bicyclic) bond motifs is 1. The summed E-state index contributed by atoms with van der Waals surface area (Å²) in [5, 5.41) is 4.88. The van der Waals surface area contributed by atoms with E-state index in [1.54, 1.807) is 6.07 Å². The Bertz CT molecular complexity index is 1110. The molecule has 31 heavy (non-hydrogen) atoms. The van der Waals surface area contributed by atoms with Crippen molar-refractivity contribution in [2.45, 2.75) is 26.7 Å². The first-order valence-corrected chi connectivity index (χ1v) is 9.97. The van der Waals surface area contributed by atoms with Crippen molar-refractivity contribution in [3.05, 3.63) is 71.8 Å². The van der Waals surface area contributed by atoms with Crippen molar-refractivity contribution in [2.24, 2.45) is 0 Å². The van der Waals surface area contributed by atoms with Crippen molar-refractivity contribution in [1.82, 2.24) is 10.9 Å². The van der Waals surface area contributed by atoms with E-state index >= 15 is 0 Å². The van der Waals surface area contributed by atoms with Gasteiger partial charge < -0.3 is 10.1 Å². The summed E-state index contributed by atoms with van der Waals surface area (Å²) < 4.78 is 5.47. The minimum Gasteiger partial charge on any atom is -0.484 e. The summed E-state index contributed by atoms with van der Waals surface area (Å²) in [4.78, 5) is 35.9. The third-order valence-electron chi connectivity index (χ3n) is 4.68. The Morgan fingerprint density at radius 1 is 0.774 bits per heavy atom. The number of hydrazine groups is 1. The van der Waals surface area contributed by atoms with Crippen LogP contribution in [0.2, 0.25) is 0 Å². The van der Waals surface area contributed by atoms with Crippen LogP contribution in [0, 0.1) is 13.8 Å². The molecule has 3 aromatic carbocycles. The maximum atomic E-state index is 12.1. The summed E-state index contributed by atoms with van der Waals surface area (Å²) in [5.41, 5.74) is 7.28. The molecule has 0 heterocycles. The highest BCUT2D eigenvalue weighted by Gasteiger charge is 2.10. The Morgan fingerprint density at radius 2 is 1.48 bits per heavy atom. The molecule has 0 atom stereocenters. The molecule has 0 saturated heterocycles. The van der Waals surface area contributed by atoms with E-state index in [4.69, 9.17) is 4.74 Å². The van der Waals surface area contributed by atoms with Crippen molar-refractivity contribution >= 4 is 34.2 Å². The molecule has 0 aliphatic heterocycles. The van der Waals surface area contributed by atoms with Gasteiger partial charge in [0, 0.05) is 18.5 Å². The number of hydrogen-bond acceptors (Lipinski definition) is 4. The van der Waals surface area contributed by atoms with Gasteiger partial charge in [-0.05, 0) is 53.9 Å². The minimum atomic E-state index is -0.499. The lowest BCUT2D eigenvalue weighted by Gasteiger charge is -2.10. The lowest BCUT2D eigenvalue weighted by atomic mass is 10.1. The van der Waals surface area contributed by atoms with Gasteiger partial charge in [0.15, 0.2) is 6.61 Å². The summed E-state index contributed by atoms with van der Waals surface area (Å²) >= 11 is 0. The van der Waals surface area contributed by atoms with Crippen LogP contribution in [0.3, 0.4) is 0 Å². The third-order valence-corrected chi connectivity index (χ3v) is 4.68. The highest BCUT2D eigenvalue weighted by molar-refractivity contribution is 5.94. The Balaban J connectivity index is 1.37. The molecule has 0 bridgehead atoms. The second kappa shape index (κ2) is 10.2. The van der Waals surface area contributed by atoms with Crippen LogP contribution < -0.4 is 20.9 Å². The van der Waals surface area contributed by atoms with Gasteiger partial charge in [-0.3, -0.25) is 25.2 Å². The normalized spacial score (nSPS) is 10.4. The fourth-order valence-electron chi connectivity index (χ4n) is 2.95. The molecule has 0 spiro atoms. The van der Waals surface area contributed by atoms with Gasteiger partial charge in [0.25, 0.3) is 5.91 Å². The zero-order valence-corrected chi connectivity index (χ0v) is 17.5. The van der Waals surface area contributed by atoms with Gasteiger partial charge in [0.05, 0.1) is 0 Å². The fourth-order valence-corrected chi connectivity index (χ4v) is 2.95. The van der Waals surface area contributed by atoms with Crippen molar-refractivity contribution < 1.29 is 19.1 Å². The first-order chi connectivity index (χ1) is 14.9. The number of ether oxygens (including phenoxy) is 1. The minimum absolute atomic E-state index is 0.00265. The fraction of sp³-hybridized carbons (Fsp3) is 0.208. The molecule has 0 saturated carbocycles. The van der Waals surface area contributed by atoms with E-state index < -0.39 is 11.8 Å². The van der Waals surface area contributed by atoms with Crippen LogP contribution in [-0.2, 0) is 14.4 Å². The maximum absolute atomic E-state index is 12.1. The lowest BCUT2D eigenvalue weighted by molar-refractivity contribution is -0.130. The second-order valence-corrected chi connectivity index (χ2v) is 7.26. The second-order valence-electron chi connectivity index (χ2n) is 7.26. The summed E-state index contributed by atoms with van der Waals surface area (Å²) in [6.07, 6.45) is -0.0504. The van der Waals surface area contributed by atoms with Crippen LogP contribution >= 0.6 is 0 Å². The smallest absolute Gasteiger partial charge is 0.276 e. The van der Waals surface area contributed by atoms with Crippen LogP contribution in [0.5, 0.6) is 5.75 Å². The molecule has 3 aromatic rings. The first-order valence-electron chi connectivity index (χ1n) is 9.97. The molecule has 7 heteroatoms. The molecule has 0 fully saturated rings. The van der Waals surface area contributed by atoms with Crippen molar-refractivity contribution in [2.75, 3.05) is 11.9 Å². The van der Waals surface area contributed by atoms with Crippen molar-refractivity contribution in [3.8, 4) is 5.75 Å². The zero-order chi connectivity index (χ0) is 22.2. The molecule has 0 aliphatic rings. The van der Waals surface area contributed by atoms with E-state index in [1.165, 1.54) is 0 Å². The Hall–Kier alpha value is -3.87. The molecule has 0 aliphatic carbocycles. The van der Waals surface area contributed by atoms with Gasteiger partial charge in [-0.2, -0.15) is 0 Å². The van der Waals surface area contributed by atoms with Crippen LogP contribution in [0.25, 0.3) is 10.8 Å². The zero-order valence-electron chi connectivity index (χ0n) is 17.5. The van der Waals surface area contributed by atoms with Gasteiger partial charge in [0.1, 0.15) is 5.75 Å². The standard InChI is InChI=1S/C24H25N3O4/c1-16-7-8-17(2)21(13-16)25-22(28)11-12-23(29)26-27-24(30)15-31-20-10-9-18-5-3-4-6-19(18)14-20/h3-10,13-14H,11-12,15H2,1-2H3,(H,25,28)(H,26,29)(H,27,30). The van der Waals surface area contributed by atoms with Gasteiger partial charge in [0.2, 0.25) is 11.8 Å². The van der Waals surface area contributed by atoms with E-state index in [0.717, 1.165) is 27.6 Å². The summed E-state index contributed by atoms with van der Waals surface area (Å²) in [6.45, 7) is 3.60. The van der Waals surface area contributed by atoms with Crippen molar-refractivity contribution in [3.63, 3.8) is 0 Å². The predicted molar refractivity (Wildman–Crippen MR) is 120 cm³/mol. The Labute approximate surface area is 180 Å². The predicted octanol–water partition coefficient (Wildman–Crippen LogP) is 3.40. The number of nitrogens with one attached hydrogen (secondary N) is 3. The van der Waals surface area contributed by atoms with Gasteiger partial charge in [-0.1, -0.05) is 42.5 Å². The number of aryl methyl sites for hydroxylation is 2. The molecule has 160 valence electrons. The molecule has 0 aromatic heterocycles. The van der Waals surface area contributed by atoms with Crippen molar-refractivity contribution in [1.29, 1.82) is 0 Å². The van der Waals surface area contributed by atoms with Gasteiger partial charge in [-0.15, -0.1) is 0 Å². The van der Waals surface area contributed by atoms with Gasteiger partial charge in [-0.25, -0.2) is 0 Å². The lowest BCUT2D eigenvalue weighted by Crippen LogP contribution is -2.44. The number of carbonyl (C=O) groups is 3. The van der Waals surface area contributed by atoms with Crippen LogP contribution in [0.1, 0.15) is 24.0 Å². The number of rotatable bonds is 7. The highest BCUT2D eigenvalue weighted by atomic mass is 16.5. The van der Waals surface area contributed by atoms with Crippen LogP contribution in [0.15, 0.2) is 60.7 Å². The Morgan fingerprint density at radius 3 is 2.29 bits per heavy atom. The Kier molecular flexibility index (Phi) is 7.22. The monoisotopic (exact) mass is 419 g/mol. The van der Waals surface area contributed by atoms with Gasteiger partial charge >= 0.3 is 0 Å². The summed E-state index contributed by atoms with van der Waals surface area (Å²) in [6, 6.07) is 19.1. The number of amides is 3. The molecule has 0 unspecified atom stereocenters. The molecule has 3 rings (SSSR count). The van der Waals surface area contributed by atoms with Crippen LogP contribution in [0.4, 0.5) is 5.69 Å².